The molecule has 3 heterocycles. The van der Waals surface area contributed by atoms with Crippen molar-refractivity contribution < 1.29 is 13.8 Å². The van der Waals surface area contributed by atoms with E-state index in [1.54, 1.807) is 13.8 Å². The van der Waals surface area contributed by atoms with Crippen molar-refractivity contribution in [2.45, 2.75) is 52.5 Å². The molecule has 118 valence electrons. The molecule has 0 aromatic carbocycles. The second-order valence-electron chi connectivity index (χ2n) is 5.93. The van der Waals surface area contributed by atoms with Gasteiger partial charge in [-0.2, -0.15) is 0 Å². The molecule has 0 unspecified atom stereocenters. The normalized spacial score (nSPS) is 19.2. The number of rotatable bonds is 2. The first-order valence-electron chi connectivity index (χ1n) is 7.75. The van der Waals surface area contributed by atoms with Crippen molar-refractivity contribution in [1.29, 1.82) is 0 Å². The molecular formula is C16H21N3O3. The van der Waals surface area contributed by atoms with Gasteiger partial charge in [-0.25, -0.2) is 0 Å². The minimum Gasteiger partial charge on any atom is -0.361 e. The molecule has 0 saturated carbocycles. The quantitative estimate of drug-likeness (QED) is 0.850. The van der Waals surface area contributed by atoms with Crippen molar-refractivity contribution in [3.8, 4) is 0 Å². The molecule has 1 amide bonds. The predicted octanol–water partition coefficient (Wildman–Crippen LogP) is 3.35. The summed E-state index contributed by atoms with van der Waals surface area (Å²) in [5, 5.41) is 7.87. The van der Waals surface area contributed by atoms with Gasteiger partial charge in [0.25, 0.3) is 5.91 Å². The molecule has 2 aromatic rings. The molecule has 0 bridgehead atoms. The zero-order chi connectivity index (χ0) is 15.7. The van der Waals surface area contributed by atoms with Crippen LogP contribution in [0.1, 0.15) is 65.0 Å². The highest BCUT2D eigenvalue weighted by Crippen LogP contribution is 2.32. The van der Waals surface area contributed by atoms with E-state index >= 15 is 0 Å². The van der Waals surface area contributed by atoms with E-state index < -0.39 is 0 Å². The number of carbonyl (C=O) groups excluding carboxylic acids is 1. The predicted molar refractivity (Wildman–Crippen MR) is 79.5 cm³/mol. The van der Waals surface area contributed by atoms with E-state index in [0.29, 0.717) is 23.6 Å². The summed E-state index contributed by atoms with van der Waals surface area (Å²) < 4.78 is 10.6. The van der Waals surface area contributed by atoms with Gasteiger partial charge in [0.05, 0.1) is 17.4 Å². The van der Waals surface area contributed by atoms with Crippen molar-refractivity contribution in [2.24, 2.45) is 0 Å². The highest BCUT2D eigenvalue weighted by molar-refractivity contribution is 5.96. The molecule has 1 aliphatic rings. The Balaban J connectivity index is 1.95. The Labute approximate surface area is 129 Å². The largest absolute Gasteiger partial charge is 0.361 e. The Kier molecular flexibility index (Phi) is 4.00. The number of hydrogen-bond donors (Lipinski definition) is 0. The van der Waals surface area contributed by atoms with Crippen LogP contribution in [0.25, 0.3) is 0 Å². The van der Waals surface area contributed by atoms with Gasteiger partial charge in [-0.1, -0.05) is 23.2 Å². The molecule has 0 spiro atoms. The van der Waals surface area contributed by atoms with E-state index in [0.717, 1.165) is 37.1 Å². The summed E-state index contributed by atoms with van der Waals surface area (Å²) in [7, 11) is 0. The lowest BCUT2D eigenvalue weighted by Crippen LogP contribution is -2.35. The van der Waals surface area contributed by atoms with Gasteiger partial charge in [0.2, 0.25) is 0 Å². The molecule has 0 radical (unpaired) electrons. The van der Waals surface area contributed by atoms with Crippen molar-refractivity contribution >= 4 is 5.91 Å². The highest BCUT2D eigenvalue weighted by Gasteiger charge is 2.32. The van der Waals surface area contributed by atoms with Crippen LogP contribution in [0.3, 0.4) is 0 Å². The third kappa shape index (κ3) is 2.65. The van der Waals surface area contributed by atoms with Crippen LogP contribution in [0, 0.1) is 20.8 Å². The van der Waals surface area contributed by atoms with Crippen LogP contribution in [-0.2, 0) is 0 Å². The second kappa shape index (κ2) is 5.94. The Hall–Kier alpha value is -2.11. The van der Waals surface area contributed by atoms with E-state index in [4.69, 9.17) is 9.05 Å². The summed E-state index contributed by atoms with van der Waals surface area (Å²) in [6.07, 6.45) is 4.09. The molecule has 22 heavy (non-hydrogen) atoms. The summed E-state index contributed by atoms with van der Waals surface area (Å²) in [6.45, 7) is 6.19. The monoisotopic (exact) mass is 303 g/mol. The smallest absolute Gasteiger partial charge is 0.259 e. The summed E-state index contributed by atoms with van der Waals surface area (Å²) in [4.78, 5) is 14.9. The van der Waals surface area contributed by atoms with Crippen LogP contribution in [0.2, 0.25) is 0 Å². The van der Waals surface area contributed by atoms with Crippen molar-refractivity contribution in [2.75, 3.05) is 6.54 Å². The van der Waals surface area contributed by atoms with Crippen molar-refractivity contribution in [1.82, 2.24) is 15.2 Å². The van der Waals surface area contributed by atoms with Gasteiger partial charge in [0.1, 0.15) is 11.3 Å². The van der Waals surface area contributed by atoms with E-state index in [9.17, 15) is 4.79 Å². The topological polar surface area (TPSA) is 72.4 Å². The summed E-state index contributed by atoms with van der Waals surface area (Å²) in [6, 6.07) is 1.86. The molecule has 0 aliphatic carbocycles. The average Bonchev–Trinajstić information content (AvgIpc) is 2.96. The number of aromatic nitrogens is 2. The van der Waals surface area contributed by atoms with Gasteiger partial charge >= 0.3 is 0 Å². The number of carbonyl (C=O) groups is 1. The van der Waals surface area contributed by atoms with Crippen molar-refractivity contribution in [3.63, 3.8) is 0 Å². The van der Waals surface area contributed by atoms with Crippen LogP contribution in [-0.4, -0.2) is 27.7 Å². The fourth-order valence-electron chi connectivity index (χ4n) is 3.12. The molecule has 1 saturated heterocycles. The van der Waals surface area contributed by atoms with Gasteiger partial charge in [0.15, 0.2) is 5.76 Å². The summed E-state index contributed by atoms with van der Waals surface area (Å²) in [5.41, 5.74) is 2.05. The van der Waals surface area contributed by atoms with Gasteiger partial charge in [0, 0.05) is 12.6 Å². The number of likely N-dealkylation sites (tertiary alicyclic amines) is 1. The summed E-state index contributed by atoms with van der Waals surface area (Å²) in [5.74, 6) is 1.30. The van der Waals surface area contributed by atoms with Gasteiger partial charge in [-0.3, -0.25) is 4.79 Å². The lowest BCUT2D eigenvalue weighted by Gasteiger charge is -2.28. The van der Waals surface area contributed by atoms with Gasteiger partial charge < -0.3 is 13.9 Å². The first-order chi connectivity index (χ1) is 10.6. The zero-order valence-electron chi connectivity index (χ0n) is 13.3. The highest BCUT2D eigenvalue weighted by atomic mass is 16.5. The first kappa shape index (κ1) is 14.8. The molecule has 3 rings (SSSR count). The van der Waals surface area contributed by atoms with E-state index in [1.165, 1.54) is 0 Å². The zero-order valence-corrected chi connectivity index (χ0v) is 13.3. The molecule has 1 atom stereocenters. The van der Waals surface area contributed by atoms with E-state index in [2.05, 4.69) is 10.3 Å². The number of nitrogens with zero attached hydrogens (tertiary/aromatic N) is 3. The summed E-state index contributed by atoms with van der Waals surface area (Å²) >= 11 is 0. The van der Waals surface area contributed by atoms with Crippen LogP contribution in [0.15, 0.2) is 15.1 Å². The second-order valence-corrected chi connectivity index (χ2v) is 5.93. The molecular weight excluding hydrogens is 282 g/mol. The molecule has 1 fully saturated rings. The minimum absolute atomic E-state index is 0.0304. The van der Waals surface area contributed by atoms with Crippen LogP contribution < -0.4 is 0 Å². The van der Waals surface area contributed by atoms with Crippen LogP contribution in [0.5, 0.6) is 0 Å². The fourth-order valence-corrected chi connectivity index (χ4v) is 3.12. The fraction of sp³-hybridized carbons (Fsp3) is 0.562. The maximum atomic E-state index is 13.0. The molecule has 6 nitrogen and oxygen atoms in total. The Morgan fingerprint density at radius 3 is 2.64 bits per heavy atom. The number of amides is 1. The Morgan fingerprint density at radius 1 is 1.18 bits per heavy atom. The van der Waals surface area contributed by atoms with Gasteiger partial charge in [-0.15, -0.1) is 0 Å². The maximum absolute atomic E-state index is 13.0. The molecule has 1 aliphatic heterocycles. The van der Waals surface area contributed by atoms with Crippen molar-refractivity contribution in [3.05, 3.63) is 34.5 Å². The molecule has 0 N–H and O–H groups in total. The lowest BCUT2D eigenvalue weighted by atomic mass is 10.1. The minimum atomic E-state index is -0.0649. The third-order valence-corrected chi connectivity index (χ3v) is 4.24. The Morgan fingerprint density at radius 2 is 2.00 bits per heavy atom. The standard InChI is InChI=1S/C16H21N3O3/c1-10-9-14(22-17-10)13-7-5-4-6-8-19(13)16(20)15-11(2)18-21-12(15)3/h9,13H,4-8H2,1-3H3/t13-/m0/s1. The average molecular weight is 303 g/mol. The maximum Gasteiger partial charge on any atom is 0.259 e. The SMILES string of the molecule is Cc1cc([C@@H]2CCCCCN2C(=O)c2c(C)noc2C)on1. The molecule has 2 aromatic heterocycles. The van der Waals surface area contributed by atoms with E-state index in [1.807, 2.05) is 17.9 Å². The number of hydrogen-bond acceptors (Lipinski definition) is 5. The van der Waals surface area contributed by atoms with Gasteiger partial charge in [-0.05, 0) is 33.6 Å². The number of aryl methyl sites for hydroxylation is 3. The van der Waals surface area contributed by atoms with Crippen LogP contribution >= 0.6 is 0 Å². The van der Waals surface area contributed by atoms with E-state index in [-0.39, 0.29) is 11.9 Å². The van der Waals surface area contributed by atoms with Crippen LogP contribution in [0.4, 0.5) is 0 Å². The first-order valence-corrected chi connectivity index (χ1v) is 7.75. The molecule has 6 heteroatoms. The third-order valence-electron chi connectivity index (χ3n) is 4.24. The lowest BCUT2D eigenvalue weighted by molar-refractivity contribution is 0.0648. The Bertz CT molecular complexity index is 654.